The second-order valence-electron chi connectivity index (χ2n) is 8.10. The van der Waals surface area contributed by atoms with Gasteiger partial charge in [0.25, 0.3) is 0 Å². The normalized spacial score (nSPS) is 38.9. The fourth-order valence-corrected chi connectivity index (χ4v) is 4.62. The summed E-state index contributed by atoms with van der Waals surface area (Å²) in [5.41, 5.74) is 0. The Bertz CT molecular complexity index is 302. The third-order valence-corrected chi connectivity index (χ3v) is 6.41. The Morgan fingerprint density at radius 1 is 1.14 bits per heavy atom. The predicted molar refractivity (Wildman–Crippen MR) is 92.6 cm³/mol. The quantitative estimate of drug-likeness (QED) is 0.819. The van der Waals surface area contributed by atoms with E-state index in [0.717, 1.165) is 42.3 Å². The molecule has 2 aliphatic rings. The summed E-state index contributed by atoms with van der Waals surface area (Å²) in [6, 6.07) is 1.54. The van der Waals surface area contributed by atoms with Gasteiger partial charge in [0, 0.05) is 18.6 Å². The minimum Gasteiger partial charge on any atom is -0.314 e. The monoisotopic (exact) mass is 294 g/mol. The number of hydrogen-bond donors (Lipinski definition) is 1. The smallest absolute Gasteiger partial charge is 0.0108 e. The Balaban J connectivity index is 1.98. The van der Waals surface area contributed by atoms with Gasteiger partial charge in [-0.05, 0) is 75.8 Å². The van der Waals surface area contributed by atoms with Crippen molar-refractivity contribution < 1.29 is 0 Å². The zero-order valence-electron chi connectivity index (χ0n) is 15.1. The first-order valence-corrected chi connectivity index (χ1v) is 9.50. The minimum absolute atomic E-state index is 0.759. The second-order valence-corrected chi connectivity index (χ2v) is 8.10. The van der Waals surface area contributed by atoms with Crippen LogP contribution in [0.5, 0.6) is 0 Å². The molecular weight excluding hydrogens is 256 g/mol. The average molecular weight is 295 g/mol. The average Bonchev–Trinajstić information content (AvgIpc) is 2.45. The Labute approximate surface area is 133 Å². The van der Waals surface area contributed by atoms with Crippen LogP contribution in [0.15, 0.2) is 0 Å². The van der Waals surface area contributed by atoms with Crippen molar-refractivity contribution in [3.05, 3.63) is 0 Å². The molecule has 1 saturated heterocycles. The van der Waals surface area contributed by atoms with Crippen LogP contribution < -0.4 is 5.32 Å². The highest BCUT2D eigenvalue weighted by Gasteiger charge is 2.34. The van der Waals surface area contributed by atoms with Crippen molar-refractivity contribution in [3.8, 4) is 0 Å². The molecule has 1 saturated carbocycles. The van der Waals surface area contributed by atoms with Crippen molar-refractivity contribution in [1.82, 2.24) is 10.2 Å². The van der Waals surface area contributed by atoms with Crippen LogP contribution in [0.3, 0.4) is 0 Å². The molecule has 5 atom stereocenters. The summed E-state index contributed by atoms with van der Waals surface area (Å²) < 4.78 is 0. The van der Waals surface area contributed by atoms with Crippen molar-refractivity contribution in [2.24, 2.45) is 23.7 Å². The van der Waals surface area contributed by atoms with Gasteiger partial charge < -0.3 is 10.2 Å². The largest absolute Gasteiger partial charge is 0.314 e. The van der Waals surface area contributed by atoms with Gasteiger partial charge in [-0.15, -0.1) is 0 Å². The molecule has 0 aromatic heterocycles. The predicted octanol–water partition coefficient (Wildman–Crippen LogP) is 4.16. The summed E-state index contributed by atoms with van der Waals surface area (Å²) >= 11 is 0. The first-order chi connectivity index (χ1) is 10.0. The maximum absolute atomic E-state index is 3.78. The highest BCUT2D eigenvalue weighted by molar-refractivity contribution is 4.89. The summed E-state index contributed by atoms with van der Waals surface area (Å²) in [4.78, 5) is 2.80. The van der Waals surface area contributed by atoms with Crippen molar-refractivity contribution in [1.29, 1.82) is 0 Å². The van der Waals surface area contributed by atoms with Gasteiger partial charge in [-0.3, -0.25) is 0 Å². The van der Waals surface area contributed by atoms with Crippen LogP contribution in [-0.4, -0.2) is 36.6 Å². The van der Waals surface area contributed by atoms with Gasteiger partial charge >= 0.3 is 0 Å². The molecule has 1 N–H and O–H groups in total. The van der Waals surface area contributed by atoms with E-state index in [2.05, 4.69) is 44.8 Å². The summed E-state index contributed by atoms with van der Waals surface area (Å²) in [5.74, 6) is 3.54. The van der Waals surface area contributed by atoms with Gasteiger partial charge in [-0.25, -0.2) is 0 Å². The van der Waals surface area contributed by atoms with E-state index in [4.69, 9.17) is 0 Å². The van der Waals surface area contributed by atoms with Crippen LogP contribution in [-0.2, 0) is 0 Å². The highest BCUT2D eigenvalue weighted by atomic mass is 15.2. The number of hydrogen-bond acceptors (Lipinski definition) is 2. The van der Waals surface area contributed by atoms with Crippen LogP contribution in [0, 0.1) is 23.7 Å². The SMILES string of the molecule is CCNC1CCC(C(C)C)CC1CN1CCCC(C)C1C. The molecule has 0 amide bonds. The van der Waals surface area contributed by atoms with E-state index in [-0.39, 0.29) is 0 Å². The van der Waals surface area contributed by atoms with E-state index in [0.29, 0.717) is 0 Å². The molecule has 1 heterocycles. The molecule has 0 spiro atoms. The first kappa shape index (κ1) is 17.3. The lowest BCUT2D eigenvalue weighted by molar-refractivity contribution is 0.0615. The van der Waals surface area contributed by atoms with Crippen molar-refractivity contribution in [2.75, 3.05) is 19.6 Å². The fourth-order valence-electron chi connectivity index (χ4n) is 4.62. The van der Waals surface area contributed by atoms with Crippen molar-refractivity contribution >= 4 is 0 Å². The number of rotatable bonds is 5. The van der Waals surface area contributed by atoms with Gasteiger partial charge in [0.1, 0.15) is 0 Å². The molecule has 124 valence electrons. The lowest BCUT2D eigenvalue weighted by Gasteiger charge is -2.44. The molecule has 2 nitrogen and oxygen atoms in total. The third kappa shape index (κ3) is 4.45. The summed E-state index contributed by atoms with van der Waals surface area (Å²) in [6.07, 6.45) is 7.08. The Kier molecular flexibility index (Phi) is 6.55. The Morgan fingerprint density at radius 2 is 1.90 bits per heavy atom. The highest BCUT2D eigenvalue weighted by Crippen LogP contribution is 2.35. The van der Waals surface area contributed by atoms with Crippen LogP contribution >= 0.6 is 0 Å². The molecule has 2 rings (SSSR count). The molecule has 0 radical (unpaired) electrons. The Hall–Kier alpha value is -0.0800. The summed E-state index contributed by atoms with van der Waals surface area (Å²) in [7, 11) is 0. The number of nitrogens with zero attached hydrogens (tertiary/aromatic N) is 1. The van der Waals surface area contributed by atoms with Crippen LogP contribution in [0.1, 0.15) is 66.7 Å². The minimum atomic E-state index is 0.759. The van der Waals surface area contributed by atoms with E-state index in [1.807, 2.05) is 0 Å². The first-order valence-electron chi connectivity index (χ1n) is 9.50. The maximum Gasteiger partial charge on any atom is 0.0108 e. The lowest BCUT2D eigenvalue weighted by Crippen LogP contribution is -2.50. The van der Waals surface area contributed by atoms with Crippen molar-refractivity contribution in [3.63, 3.8) is 0 Å². The maximum atomic E-state index is 3.78. The van der Waals surface area contributed by atoms with Crippen LogP contribution in [0.2, 0.25) is 0 Å². The molecule has 0 aromatic carbocycles. The molecule has 2 heteroatoms. The van der Waals surface area contributed by atoms with Gasteiger partial charge in [0.05, 0.1) is 0 Å². The third-order valence-electron chi connectivity index (χ3n) is 6.41. The second kappa shape index (κ2) is 7.97. The lowest BCUT2D eigenvalue weighted by atomic mass is 9.73. The number of piperidine rings is 1. The topological polar surface area (TPSA) is 15.3 Å². The molecule has 1 aliphatic carbocycles. The van der Waals surface area contributed by atoms with Crippen molar-refractivity contribution in [2.45, 2.75) is 78.8 Å². The summed E-state index contributed by atoms with van der Waals surface area (Å²) in [6.45, 7) is 15.8. The zero-order valence-corrected chi connectivity index (χ0v) is 15.1. The standard InChI is InChI=1S/C19H38N2/c1-6-20-19-10-9-17(14(2)3)12-18(19)13-21-11-7-8-15(4)16(21)5/h14-20H,6-13H2,1-5H3. The number of likely N-dealkylation sites (tertiary alicyclic amines) is 1. The fraction of sp³-hybridized carbons (Fsp3) is 1.00. The molecule has 0 bridgehead atoms. The molecule has 21 heavy (non-hydrogen) atoms. The van der Waals surface area contributed by atoms with Crippen LogP contribution in [0.4, 0.5) is 0 Å². The molecule has 1 aliphatic heterocycles. The molecule has 0 aromatic rings. The number of nitrogens with one attached hydrogen (secondary N) is 1. The molecular formula is C19H38N2. The van der Waals surface area contributed by atoms with Crippen LogP contribution in [0.25, 0.3) is 0 Å². The molecule has 2 fully saturated rings. The molecule has 5 unspecified atom stereocenters. The van der Waals surface area contributed by atoms with E-state index in [1.54, 1.807) is 0 Å². The van der Waals surface area contributed by atoms with Gasteiger partial charge in [-0.1, -0.05) is 27.7 Å². The van der Waals surface area contributed by atoms with Gasteiger partial charge in [-0.2, -0.15) is 0 Å². The van der Waals surface area contributed by atoms with E-state index >= 15 is 0 Å². The van der Waals surface area contributed by atoms with Gasteiger partial charge in [0.15, 0.2) is 0 Å². The van der Waals surface area contributed by atoms with Gasteiger partial charge in [0.2, 0.25) is 0 Å². The zero-order chi connectivity index (χ0) is 15.4. The van der Waals surface area contributed by atoms with E-state index in [1.165, 1.54) is 45.2 Å². The Morgan fingerprint density at radius 3 is 2.57 bits per heavy atom. The summed E-state index contributed by atoms with van der Waals surface area (Å²) in [5, 5.41) is 3.78. The van der Waals surface area contributed by atoms with E-state index in [9.17, 15) is 0 Å². The van der Waals surface area contributed by atoms with E-state index < -0.39 is 0 Å².